The molecule has 8 heteroatoms. The summed E-state index contributed by atoms with van der Waals surface area (Å²) in [5.41, 5.74) is 0.595. The van der Waals surface area contributed by atoms with Crippen molar-refractivity contribution < 1.29 is 13.2 Å². The Labute approximate surface area is 159 Å². The van der Waals surface area contributed by atoms with Gasteiger partial charge in [0.2, 0.25) is 5.91 Å². The Balaban J connectivity index is 0.00000196. The molecule has 0 spiro atoms. The Kier molecular flexibility index (Phi) is 4.90. The van der Waals surface area contributed by atoms with E-state index in [2.05, 4.69) is 5.32 Å². The molecule has 2 aromatic rings. The van der Waals surface area contributed by atoms with Crippen LogP contribution in [-0.2, 0) is 14.8 Å². The first-order chi connectivity index (χ1) is 11.9. The van der Waals surface area contributed by atoms with Crippen molar-refractivity contribution >= 4 is 44.8 Å². The van der Waals surface area contributed by atoms with Gasteiger partial charge >= 0.3 is 0 Å². The maximum Gasteiger partial charge on any atom is 0.265 e. The summed E-state index contributed by atoms with van der Waals surface area (Å²) in [6.45, 7) is 5.18. The van der Waals surface area contributed by atoms with Crippen LogP contribution in [0, 0.1) is 0 Å². The molecule has 0 radical (unpaired) electrons. The van der Waals surface area contributed by atoms with Crippen molar-refractivity contribution in [3.8, 4) is 0 Å². The predicted octanol–water partition coefficient (Wildman–Crippen LogP) is 1.98. The Morgan fingerprint density at radius 3 is 2.62 bits per heavy atom. The Morgan fingerprint density at radius 2 is 1.88 bits per heavy atom. The highest BCUT2D eigenvalue weighted by Crippen LogP contribution is 2.41. The van der Waals surface area contributed by atoms with Gasteiger partial charge in [-0.1, -0.05) is 24.3 Å². The topological polar surface area (TPSA) is 69.7 Å². The van der Waals surface area contributed by atoms with Crippen LogP contribution in [0.1, 0.15) is 13.8 Å². The molecule has 0 bridgehead atoms. The highest BCUT2D eigenvalue weighted by atomic mass is 35.5. The standard InChI is InChI=1S/C18H21N3O3S.ClH/c1-12-13(2)20(10-9-19-12)17(22)11-21-15-7-3-5-14-6-4-8-16(18(14)15)25(21,23)24;/h3-8,12-13,19H,9-11H2,1-2H3;1H. The summed E-state index contributed by atoms with van der Waals surface area (Å²) < 4.78 is 27.2. The molecular weight excluding hydrogens is 374 g/mol. The fourth-order valence-corrected chi connectivity index (χ4v) is 5.41. The zero-order valence-electron chi connectivity index (χ0n) is 14.7. The smallest absolute Gasteiger partial charge is 0.265 e. The fourth-order valence-electron chi connectivity index (χ4n) is 3.75. The van der Waals surface area contributed by atoms with E-state index in [9.17, 15) is 13.2 Å². The van der Waals surface area contributed by atoms with Crippen LogP contribution in [0.2, 0.25) is 0 Å². The molecule has 2 aliphatic heterocycles. The van der Waals surface area contributed by atoms with Gasteiger partial charge in [-0.15, -0.1) is 12.4 Å². The average Bonchev–Trinajstić information content (AvgIpc) is 2.81. The van der Waals surface area contributed by atoms with E-state index in [1.165, 1.54) is 4.31 Å². The number of carbonyl (C=O) groups excluding carboxylic acids is 1. The molecule has 6 nitrogen and oxygen atoms in total. The molecule has 2 aliphatic rings. The maximum atomic E-state index is 13.0. The zero-order chi connectivity index (χ0) is 17.8. The minimum absolute atomic E-state index is 0. The Hall–Kier alpha value is -1.83. The van der Waals surface area contributed by atoms with E-state index in [1.54, 1.807) is 23.1 Å². The van der Waals surface area contributed by atoms with Crippen molar-refractivity contribution in [2.45, 2.75) is 30.8 Å². The molecule has 1 amide bonds. The molecule has 2 heterocycles. The lowest BCUT2D eigenvalue weighted by atomic mass is 10.1. The van der Waals surface area contributed by atoms with Crippen molar-refractivity contribution in [3.05, 3.63) is 36.4 Å². The van der Waals surface area contributed by atoms with Gasteiger partial charge in [-0.05, 0) is 31.4 Å². The fraction of sp³-hybridized carbons (Fsp3) is 0.389. The third-order valence-electron chi connectivity index (χ3n) is 5.31. The van der Waals surface area contributed by atoms with Crippen LogP contribution in [0.25, 0.3) is 10.8 Å². The molecule has 4 rings (SSSR count). The quantitative estimate of drug-likeness (QED) is 0.844. The molecular formula is C18H22ClN3O3S. The number of piperazine rings is 1. The van der Waals surface area contributed by atoms with E-state index in [1.807, 2.05) is 32.0 Å². The number of nitrogens with one attached hydrogen (secondary N) is 1. The van der Waals surface area contributed by atoms with E-state index >= 15 is 0 Å². The summed E-state index contributed by atoms with van der Waals surface area (Å²) in [6.07, 6.45) is 0. The highest BCUT2D eigenvalue weighted by molar-refractivity contribution is 7.93. The maximum absolute atomic E-state index is 13.0. The van der Waals surface area contributed by atoms with Gasteiger partial charge < -0.3 is 10.2 Å². The summed E-state index contributed by atoms with van der Waals surface area (Å²) in [5, 5.41) is 4.91. The molecule has 1 saturated heterocycles. The van der Waals surface area contributed by atoms with Crippen LogP contribution in [-0.4, -0.2) is 50.9 Å². The first-order valence-corrected chi connectivity index (χ1v) is 9.92. The summed E-state index contributed by atoms with van der Waals surface area (Å²) >= 11 is 0. The molecule has 2 unspecified atom stereocenters. The summed E-state index contributed by atoms with van der Waals surface area (Å²) in [7, 11) is -3.69. The van der Waals surface area contributed by atoms with E-state index < -0.39 is 10.0 Å². The van der Waals surface area contributed by atoms with Crippen LogP contribution in [0.3, 0.4) is 0 Å². The van der Waals surface area contributed by atoms with Gasteiger partial charge in [0.05, 0.1) is 10.6 Å². The van der Waals surface area contributed by atoms with Crippen molar-refractivity contribution in [2.75, 3.05) is 23.9 Å². The number of amides is 1. The third-order valence-corrected chi connectivity index (χ3v) is 7.12. The Morgan fingerprint density at radius 1 is 1.19 bits per heavy atom. The number of carbonyl (C=O) groups is 1. The monoisotopic (exact) mass is 395 g/mol. The molecule has 26 heavy (non-hydrogen) atoms. The normalized spacial score (nSPS) is 23.8. The van der Waals surface area contributed by atoms with Crippen LogP contribution in [0.4, 0.5) is 5.69 Å². The van der Waals surface area contributed by atoms with Gasteiger partial charge in [-0.2, -0.15) is 0 Å². The van der Waals surface area contributed by atoms with Crippen LogP contribution in [0.5, 0.6) is 0 Å². The van der Waals surface area contributed by atoms with Crippen molar-refractivity contribution in [3.63, 3.8) is 0 Å². The van der Waals surface area contributed by atoms with Gasteiger partial charge in [0, 0.05) is 30.6 Å². The van der Waals surface area contributed by atoms with E-state index in [0.717, 1.165) is 11.9 Å². The number of anilines is 1. The SMILES string of the molecule is CC1NCCN(C(=O)CN2c3cccc4cccc(c34)S2(=O)=O)C1C.Cl. The molecule has 0 aliphatic carbocycles. The molecule has 2 atom stereocenters. The van der Waals surface area contributed by atoms with Gasteiger partial charge in [-0.3, -0.25) is 9.10 Å². The number of sulfonamides is 1. The number of rotatable bonds is 2. The van der Waals surface area contributed by atoms with Crippen molar-refractivity contribution in [2.24, 2.45) is 0 Å². The lowest BCUT2D eigenvalue weighted by Crippen LogP contribution is -2.58. The van der Waals surface area contributed by atoms with Crippen molar-refractivity contribution in [1.29, 1.82) is 0 Å². The van der Waals surface area contributed by atoms with Crippen molar-refractivity contribution in [1.82, 2.24) is 10.2 Å². The average molecular weight is 396 g/mol. The molecule has 1 N–H and O–H groups in total. The van der Waals surface area contributed by atoms with Crippen LogP contribution < -0.4 is 9.62 Å². The van der Waals surface area contributed by atoms with Gasteiger partial charge in [0.15, 0.2) is 0 Å². The van der Waals surface area contributed by atoms with Gasteiger partial charge in [-0.25, -0.2) is 8.42 Å². The second kappa shape index (κ2) is 6.72. The largest absolute Gasteiger partial charge is 0.336 e. The molecule has 0 saturated carbocycles. The number of nitrogens with zero attached hydrogens (tertiary/aromatic N) is 2. The molecule has 1 fully saturated rings. The lowest BCUT2D eigenvalue weighted by Gasteiger charge is -2.39. The molecule has 2 aromatic carbocycles. The minimum atomic E-state index is -3.69. The van der Waals surface area contributed by atoms with E-state index in [0.29, 0.717) is 17.6 Å². The van der Waals surface area contributed by atoms with Crippen LogP contribution >= 0.6 is 12.4 Å². The second-order valence-electron chi connectivity index (χ2n) is 6.71. The highest BCUT2D eigenvalue weighted by Gasteiger charge is 2.38. The lowest BCUT2D eigenvalue weighted by molar-refractivity contribution is -0.133. The van der Waals surface area contributed by atoms with Crippen LogP contribution in [0.15, 0.2) is 41.3 Å². The second-order valence-corrected chi connectivity index (χ2v) is 8.54. The summed E-state index contributed by atoms with van der Waals surface area (Å²) in [4.78, 5) is 14.9. The summed E-state index contributed by atoms with van der Waals surface area (Å²) in [5.74, 6) is -0.158. The summed E-state index contributed by atoms with van der Waals surface area (Å²) in [6, 6.07) is 11.0. The first-order valence-electron chi connectivity index (χ1n) is 8.48. The zero-order valence-corrected chi connectivity index (χ0v) is 16.3. The van der Waals surface area contributed by atoms with E-state index in [4.69, 9.17) is 0 Å². The number of halogens is 1. The number of hydrogen-bond acceptors (Lipinski definition) is 4. The first kappa shape index (κ1) is 18.9. The predicted molar refractivity (Wildman–Crippen MR) is 104 cm³/mol. The van der Waals surface area contributed by atoms with Gasteiger partial charge in [0.25, 0.3) is 10.0 Å². The van der Waals surface area contributed by atoms with Gasteiger partial charge in [0.1, 0.15) is 6.54 Å². The third kappa shape index (κ3) is 2.74. The van der Waals surface area contributed by atoms with E-state index in [-0.39, 0.29) is 41.8 Å². The Bertz CT molecular complexity index is 958. The number of hydrogen-bond donors (Lipinski definition) is 1. The number of benzene rings is 2. The minimum Gasteiger partial charge on any atom is -0.336 e. The molecule has 0 aromatic heterocycles. The molecule has 140 valence electrons.